The smallest absolute Gasteiger partial charge is 0.213 e. The van der Waals surface area contributed by atoms with Crippen LogP contribution in [0.4, 0.5) is 0 Å². The van der Waals surface area contributed by atoms with Gasteiger partial charge in [0.15, 0.2) is 6.20 Å². The van der Waals surface area contributed by atoms with E-state index < -0.39 is 10.2 Å². The predicted octanol–water partition coefficient (Wildman–Crippen LogP) is 4.06. The Bertz CT molecular complexity index is 1690. The third-order valence-electron chi connectivity index (χ3n) is 6.95. The minimum atomic E-state index is -4.94. The van der Waals surface area contributed by atoms with E-state index in [4.69, 9.17) is 18.6 Å². The highest BCUT2D eigenvalue weighted by Gasteiger charge is 2.21. The summed E-state index contributed by atoms with van der Waals surface area (Å²) in [5.41, 5.74) is 11.2. The molecule has 0 aliphatic heterocycles. The van der Waals surface area contributed by atoms with Crippen molar-refractivity contribution in [1.82, 2.24) is 0 Å². The molecule has 5 nitrogen and oxygen atoms in total. The zero-order valence-electron chi connectivity index (χ0n) is 22.4. The van der Waals surface area contributed by atoms with Crippen LogP contribution in [0.1, 0.15) is 6.92 Å². The molecular weight excluding hydrogens is 534 g/mol. The summed E-state index contributed by atoms with van der Waals surface area (Å²) in [6.07, 6.45) is 2.23. The molecule has 204 valence electrons. The van der Waals surface area contributed by atoms with Gasteiger partial charge >= 0.3 is 0 Å². The number of benzene rings is 5. The summed E-state index contributed by atoms with van der Waals surface area (Å²) >= 11 is 0. The highest BCUT2D eigenvalue weighted by atomic mass is 35.7. The second kappa shape index (κ2) is 12.4. The molecule has 0 N–H and O–H groups in total. The third-order valence-corrected chi connectivity index (χ3v) is 6.95. The van der Waals surface area contributed by atoms with E-state index in [9.17, 15) is 0 Å². The number of rotatable bonds is 5. The van der Waals surface area contributed by atoms with E-state index >= 15 is 0 Å². The number of fused-ring (bicyclic) bond motifs is 1. The predicted molar refractivity (Wildman–Crippen MR) is 152 cm³/mol. The normalized spacial score (nSPS) is 11.1. The van der Waals surface area contributed by atoms with Crippen molar-refractivity contribution in [2.75, 3.05) is 0 Å². The summed E-state index contributed by atoms with van der Waals surface area (Å²) in [6.45, 7) is 3.14. The Kier molecular flexibility index (Phi) is 8.55. The molecule has 0 aliphatic rings. The third kappa shape index (κ3) is 6.69. The molecule has 0 radical (unpaired) electrons. The molecule has 6 aromatic rings. The van der Waals surface area contributed by atoms with E-state index in [2.05, 4.69) is 151 Å². The van der Waals surface area contributed by atoms with Crippen molar-refractivity contribution in [1.29, 1.82) is 0 Å². The van der Waals surface area contributed by atoms with Gasteiger partial charge in [-0.25, -0.2) is 18.6 Å². The summed E-state index contributed by atoms with van der Waals surface area (Å²) in [5, 5.41) is 1.27. The molecule has 1 heterocycles. The first-order chi connectivity index (χ1) is 19.8. The van der Waals surface area contributed by atoms with Crippen LogP contribution in [0.2, 0.25) is 0 Å². The second-order valence-electron chi connectivity index (χ2n) is 9.45. The standard InChI is InChI=1S/C35H28N.ClHO4/c1-2-36-23-22-31(30-20-12-13-21-34(30)36)35-32(27-16-8-4-9-17-27)24-29(26-14-6-3-7-15-26)25-33(35)28-18-10-5-11-19-28;2-1(3,4)5/h3-25H,2H2,1H3;(H,2,3,4,5)/q+1;/p-1. The topological polar surface area (TPSA) is 96.1 Å². The van der Waals surface area contributed by atoms with E-state index in [1.807, 2.05) is 0 Å². The van der Waals surface area contributed by atoms with E-state index in [1.165, 1.54) is 55.4 Å². The van der Waals surface area contributed by atoms with Crippen molar-refractivity contribution in [3.05, 3.63) is 140 Å². The molecular formula is C35H28ClNO4. The van der Waals surface area contributed by atoms with Gasteiger partial charge in [0.25, 0.3) is 0 Å². The van der Waals surface area contributed by atoms with E-state index in [-0.39, 0.29) is 0 Å². The van der Waals surface area contributed by atoms with Gasteiger partial charge in [0.2, 0.25) is 5.52 Å². The molecule has 0 bridgehead atoms. The van der Waals surface area contributed by atoms with Gasteiger partial charge in [-0.05, 0) is 64.1 Å². The second-order valence-corrected chi connectivity index (χ2v) is 10.2. The Morgan fingerprint density at radius 3 is 1.44 bits per heavy atom. The molecule has 5 aromatic carbocycles. The van der Waals surface area contributed by atoms with Crippen molar-refractivity contribution in [2.45, 2.75) is 13.5 Å². The van der Waals surface area contributed by atoms with Gasteiger partial charge in [0, 0.05) is 17.7 Å². The van der Waals surface area contributed by atoms with E-state index in [0.29, 0.717) is 0 Å². The van der Waals surface area contributed by atoms with Crippen LogP contribution >= 0.6 is 0 Å². The maximum Gasteiger partial charge on any atom is 0.213 e. The lowest BCUT2D eigenvalue weighted by Crippen LogP contribution is -2.68. The molecule has 0 spiro atoms. The Morgan fingerprint density at radius 1 is 0.512 bits per heavy atom. The van der Waals surface area contributed by atoms with Gasteiger partial charge in [-0.2, -0.15) is 4.57 Å². The Morgan fingerprint density at radius 2 is 0.951 bits per heavy atom. The quantitative estimate of drug-likeness (QED) is 0.297. The van der Waals surface area contributed by atoms with Crippen LogP contribution in [0.25, 0.3) is 55.4 Å². The number of nitrogens with zero attached hydrogens (tertiary/aromatic N) is 1. The molecule has 0 atom stereocenters. The minimum absolute atomic E-state index is 0.935. The van der Waals surface area contributed by atoms with Crippen molar-refractivity contribution in [3.8, 4) is 44.5 Å². The zero-order chi connectivity index (χ0) is 28.8. The number of aromatic nitrogens is 1. The first-order valence-corrected chi connectivity index (χ1v) is 14.4. The number of pyridine rings is 1. The molecule has 6 rings (SSSR count). The van der Waals surface area contributed by atoms with Crippen molar-refractivity contribution >= 4 is 10.9 Å². The van der Waals surface area contributed by atoms with Gasteiger partial charge in [-0.15, -0.1) is 10.2 Å². The van der Waals surface area contributed by atoms with Crippen LogP contribution in [-0.4, -0.2) is 0 Å². The lowest BCUT2D eigenvalue weighted by atomic mass is 9.84. The van der Waals surface area contributed by atoms with Crippen molar-refractivity contribution < 1.29 is 33.4 Å². The lowest BCUT2D eigenvalue weighted by Gasteiger charge is -2.20. The summed E-state index contributed by atoms with van der Waals surface area (Å²) in [7, 11) is -4.94. The largest absolute Gasteiger partial charge is 0.222 e. The fourth-order valence-electron chi connectivity index (χ4n) is 5.20. The van der Waals surface area contributed by atoms with Gasteiger partial charge in [-0.3, -0.25) is 0 Å². The fraction of sp³-hybridized carbons (Fsp3) is 0.0571. The number of aryl methyl sites for hydroxylation is 1. The SMILES string of the molecule is CC[n+]1ccc(-c2c(-c3ccccc3)cc(-c3ccccc3)cc2-c2ccccc2)c2ccccc21.[O-][Cl+3]([O-])([O-])[O-]. The van der Waals surface area contributed by atoms with Crippen LogP contribution in [0, 0.1) is 10.2 Å². The molecule has 0 saturated carbocycles. The number of hydrogen-bond donors (Lipinski definition) is 0. The number of halogens is 1. The monoisotopic (exact) mass is 561 g/mol. The fourth-order valence-corrected chi connectivity index (χ4v) is 5.20. The van der Waals surface area contributed by atoms with Gasteiger partial charge in [0.05, 0.1) is 5.39 Å². The molecule has 0 fully saturated rings. The van der Waals surface area contributed by atoms with Crippen molar-refractivity contribution in [2.24, 2.45) is 0 Å². The van der Waals surface area contributed by atoms with Crippen LogP contribution in [0.15, 0.2) is 140 Å². The van der Waals surface area contributed by atoms with Crippen LogP contribution in [0.3, 0.4) is 0 Å². The van der Waals surface area contributed by atoms with Gasteiger partial charge < -0.3 is 0 Å². The lowest BCUT2D eigenvalue weighted by molar-refractivity contribution is -2.00. The molecule has 0 aliphatic carbocycles. The Hall–Kier alpha value is -4.36. The van der Waals surface area contributed by atoms with E-state index in [1.54, 1.807) is 0 Å². The average Bonchev–Trinajstić information content (AvgIpc) is 3.00. The summed E-state index contributed by atoms with van der Waals surface area (Å²) in [4.78, 5) is 0. The molecule has 1 aromatic heterocycles. The number of hydrogen-bond acceptors (Lipinski definition) is 4. The van der Waals surface area contributed by atoms with Crippen LogP contribution in [-0.2, 0) is 6.54 Å². The number of para-hydroxylation sites is 1. The molecule has 0 amide bonds. The zero-order valence-corrected chi connectivity index (χ0v) is 23.2. The van der Waals surface area contributed by atoms with Crippen molar-refractivity contribution in [3.63, 3.8) is 0 Å². The van der Waals surface area contributed by atoms with Gasteiger partial charge in [-0.1, -0.05) is 103 Å². The van der Waals surface area contributed by atoms with E-state index in [0.717, 1.165) is 6.54 Å². The summed E-state index contributed by atoms with van der Waals surface area (Å²) in [5.74, 6) is 0. The first-order valence-electron chi connectivity index (χ1n) is 13.2. The molecule has 0 unspecified atom stereocenters. The highest BCUT2D eigenvalue weighted by molar-refractivity contribution is 6.04. The Balaban J connectivity index is 0.000000623. The highest BCUT2D eigenvalue weighted by Crippen LogP contribution is 2.44. The van der Waals surface area contributed by atoms with Crippen LogP contribution < -0.4 is 23.2 Å². The summed E-state index contributed by atoms with van der Waals surface area (Å²) < 4.78 is 36.3. The molecule has 41 heavy (non-hydrogen) atoms. The maximum atomic E-state index is 8.49. The Labute approximate surface area is 241 Å². The first kappa shape index (κ1) is 28.2. The molecule has 0 saturated heterocycles. The van der Waals surface area contributed by atoms with Crippen LogP contribution in [0.5, 0.6) is 0 Å². The molecule has 6 heteroatoms. The minimum Gasteiger partial charge on any atom is -0.222 e. The average molecular weight is 562 g/mol. The summed E-state index contributed by atoms with van der Waals surface area (Å²) in [6, 6.07) is 48.1. The van der Waals surface area contributed by atoms with Gasteiger partial charge in [0.1, 0.15) is 6.54 Å². The maximum absolute atomic E-state index is 8.49.